The van der Waals surface area contributed by atoms with E-state index in [-0.39, 0.29) is 11.4 Å². The molecule has 0 saturated carbocycles. The van der Waals surface area contributed by atoms with Gasteiger partial charge in [-0.1, -0.05) is 42.8 Å². The molecule has 2 nitrogen and oxygen atoms in total. The van der Waals surface area contributed by atoms with E-state index < -0.39 is 0 Å². The molecule has 2 aromatic carbocycles. The third kappa shape index (κ3) is 4.10. The average molecular weight is 473 g/mol. The summed E-state index contributed by atoms with van der Waals surface area (Å²) >= 11 is 5.70. The van der Waals surface area contributed by atoms with Crippen LogP contribution in [0.4, 0.5) is 0 Å². The topological polar surface area (TPSA) is 26.3 Å². The van der Waals surface area contributed by atoms with Gasteiger partial charge in [0.05, 0.1) is 5.56 Å². The van der Waals surface area contributed by atoms with Gasteiger partial charge in [-0.2, -0.15) is 0 Å². The van der Waals surface area contributed by atoms with Crippen LogP contribution in [0, 0.1) is 10.5 Å². The van der Waals surface area contributed by atoms with Gasteiger partial charge in [0.2, 0.25) is 0 Å². The minimum absolute atomic E-state index is 0.110. The lowest BCUT2D eigenvalue weighted by Gasteiger charge is -2.22. The first kappa shape index (κ1) is 17.5. The van der Waals surface area contributed by atoms with Crippen LogP contribution in [0.1, 0.15) is 42.3 Å². The van der Waals surface area contributed by atoms with Crippen molar-refractivity contribution in [3.05, 3.63) is 61.1 Å². The SMILES string of the molecule is Cc1ccc(C(=O)Oc2ccc(Br)cc2C(C)(C)C)cc1I. The molecule has 2 aromatic rings. The fraction of sp³-hybridized carbons (Fsp3) is 0.278. The Morgan fingerprint density at radius 2 is 1.82 bits per heavy atom. The van der Waals surface area contributed by atoms with Gasteiger partial charge in [-0.05, 0) is 70.8 Å². The number of hydrogen-bond acceptors (Lipinski definition) is 2. The maximum absolute atomic E-state index is 12.4. The van der Waals surface area contributed by atoms with Gasteiger partial charge < -0.3 is 4.74 Å². The standard InChI is InChI=1S/C18H18BrIO2/c1-11-5-6-12(9-15(11)20)17(21)22-16-8-7-13(19)10-14(16)18(2,3)4/h5-10H,1-4H3. The smallest absolute Gasteiger partial charge is 0.343 e. The quantitative estimate of drug-likeness (QED) is 0.310. The molecule has 0 saturated heterocycles. The summed E-state index contributed by atoms with van der Waals surface area (Å²) in [4.78, 5) is 12.4. The lowest BCUT2D eigenvalue weighted by Crippen LogP contribution is -2.16. The second kappa shape index (κ2) is 6.71. The van der Waals surface area contributed by atoms with Crippen molar-refractivity contribution < 1.29 is 9.53 Å². The molecule has 0 heterocycles. The van der Waals surface area contributed by atoms with Crippen LogP contribution in [0.25, 0.3) is 0 Å². The maximum Gasteiger partial charge on any atom is 0.343 e. The summed E-state index contributed by atoms with van der Waals surface area (Å²) in [5.74, 6) is 0.280. The fourth-order valence-electron chi connectivity index (χ4n) is 2.06. The molecule has 0 aliphatic rings. The Balaban J connectivity index is 2.34. The van der Waals surface area contributed by atoms with E-state index in [1.165, 1.54) is 0 Å². The van der Waals surface area contributed by atoms with Crippen LogP contribution in [0.5, 0.6) is 5.75 Å². The van der Waals surface area contributed by atoms with E-state index in [0.29, 0.717) is 11.3 Å². The van der Waals surface area contributed by atoms with Crippen molar-refractivity contribution in [3.63, 3.8) is 0 Å². The molecule has 22 heavy (non-hydrogen) atoms. The zero-order valence-corrected chi connectivity index (χ0v) is 16.8. The van der Waals surface area contributed by atoms with E-state index in [0.717, 1.165) is 19.2 Å². The number of aryl methyl sites for hydroxylation is 1. The Morgan fingerprint density at radius 3 is 2.41 bits per heavy atom. The molecule has 0 radical (unpaired) electrons. The van der Waals surface area contributed by atoms with E-state index in [2.05, 4.69) is 59.3 Å². The summed E-state index contributed by atoms with van der Waals surface area (Å²) in [6, 6.07) is 11.3. The maximum atomic E-state index is 12.4. The lowest BCUT2D eigenvalue weighted by atomic mass is 9.86. The van der Waals surface area contributed by atoms with Crippen molar-refractivity contribution >= 4 is 44.5 Å². The number of rotatable bonds is 2. The summed E-state index contributed by atoms with van der Waals surface area (Å²) < 4.78 is 7.67. The van der Waals surface area contributed by atoms with E-state index >= 15 is 0 Å². The highest BCUT2D eigenvalue weighted by atomic mass is 127. The highest BCUT2D eigenvalue weighted by molar-refractivity contribution is 14.1. The van der Waals surface area contributed by atoms with E-state index in [9.17, 15) is 4.79 Å². The molecule has 116 valence electrons. The molecular weight excluding hydrogens is 455 g/mol. The van der Waals surface area contributed by atoms with E-state index in [1.54, 1.807) is 6.07 Å². The average Bonchev–Trinajstić information content (AvgIpc) is 2.42. The predicted molar refractivity (Wildman–Crippen MR) is 102 cm³/mol. The van der Waals surface area contributed by atoms with Gasteiger partial charge in [-0.3, -0.25) is 0 Å². The van der Waals surface area contributed by atoms with E-state index in [4.69, 9.17) is 4.74 Å². The van der Waals surface area contributed by atoms with Crippen molar-refractivity contribution in [1.82, 2.24) is 0 Å². The van der Waals surface area contributed by atoms with Crippen molar-refractivity contribution in [1.29, 1.82) is 0 Å². The lowest BCUT2D eigenvalue weighted by molar-refractivity contribution is 0.0731. The molecule has 0 unspecified atom stereocenters. The van der Waals surface area contributed by atoms with Crippen molar-refractivity contribution in [2.45, 2.75) is 33.1 Å². The van der Waals surface area contributed by atoms with Gasteiger partial charge >= 0.3 is 5.97 Å². The predicted octanol–water partition coefficient (Wildman–Crippen LogP) is 5.88. The van der Waals surface area contributed by atoms with Crippen LogP contribution in [-0.4, -0.2) is 5.97 Å². The Labute approximate surface area is 153 Å². The third-order valence-corrected chi connectivity index (χ3v) is 5.02. The second-order valence-corrected chi connectivity index (χ2v) is 8.32. The van der Waals surface area contributed by atoms with Crippen LogP contribution in [0.3, 0.4) is 0 Å². The third-order valence-electron chi connectivity index (χ3n) is 3.36. The van der Waals surface area contributed by atoms with Gasteiger partial charge in [-0.15, -0.1) is 0 Å². The Kier molecular flexibility index (Phi) is 5.33. The number of esters is 1. The number of ether oxygens (including phenoxy) is 1. The molecule has 4 heteroatoms. The van der Waals surface area contributed by atoms with Gasteiger partial charge in [0.1, 0.15) is 5.75 Å². The highest BCUT2D eigenvalue weighted by Crippen LogP contribution is 2.34. The Bertz CT molecular complexity index is 718. The van der Waals surface area contributed by atoms with Crippen molar-refractivity contribution in [2.24, 2.45) is 0 Å². The molecule has 0 bridgehead atoms. The Morgan fingerprint density at radius 1 is 1.14 bits per heavy atom. The molecule has 2 rings (SSSR count). The first-order chi connectivity index (χ1) is 10.2. The number of benzene rings is 2. The largest absolute Gasteiger partial charge is 0.423 e. The van der Waals surface area contributed by atoms with Gasteiger partial charge in [0.15, 0.2) is 0 Å². The second-order valence-electron chi connectivity index (χ2n) is 6.24. The fourth-order valence-corrected chi connectivity index (χ4v) is 2.93. The van der Waals surface area contributed by atoms with Gasteiger partial charge in [-0.25, -0.2) is 4.79 Å². The molecule has 0 fully saturated rings. The van der Waals surface area contributed by atoms with Gasteiger partial charge in [0.25, 0.3) is 0 Å². The number of carbonyl (C=O) groups is 1. The minimum Gasteiger partial charge on any atom is -0.423 e. The van der Waals surface area contributed by atoms with Crippen LogP contribution in [0.2, 0.25) is 0 Å². The van der Waals surface area contributed by atoms with Crippen molar-refractivity contribution in [3.8, 4) is 5.75 Å². The summed E-state index contributed by atoms with van der Waals surface area (Å²) in [7, 11) is 0. The highest BCUT2D eigenvalue weighted by Gasteiger charge is 2.21. The zero-order chi connectivity index (χ0) is 16.5. The van der Waals surface area contributed by atoms with Crippen LogP contribution >= 0.6 is 38.5 Å². The normalized spacial score (nSPS) is 11.4. The van der Waals surface area contributed by atoms with E-state index in [1.807, 2.05) is 37.3 Å². The molecule has 0 amide bonds. The molecule has 0 aliphatic carbocycles. The summed E-state index contributed by atoms with van der Waals surface area (Å²) in [6.45, 7) is 8.31. The van der Waals surface area contributed by atoms with Crippen molar-refractivity contribution in [2.75, 3.05) is 0 Å². The first-order valence-corrected chi connectivity index (χ1v) is 8.84. The summed E-state index contributed by atoms with van der Waals surface area (Å²) in [6.07, 6.45) is 0. The zero-order valence-electron chi connectivity index (χ0n) is 13.0. The van der Waals surface area contributed by atoms with Gasteiger partial charge in [0, 0.05) is 13.6 Å². The summed E-state index contributed by atoms with van der Waals surface area (Å²) in [5, 5.41) is 0. The molecule has 0 spiro atoms. The summed E-state index contributed by atoms with van der Waals surface area (Å²) in [5.41, 5.74) is 2.60. The first-order valence-electron chi connectivity index (χ1n) is 6.97. The monoisotopic (exact) mass is 472 g/mol. The molecular formula is C18H18BrIO2. The number of hydrogen-bond donors (Lipinski definition) is 0. The Hall–Kier alpha value is -0.880. The van der Waals surface area contributed by atoms with Crippen LogP contribution < -0.4 is 4.74 Å². The minimum atomic E-state index is -0.328. The van der Waals surface area contributed by atoms with Crippen LogP contribution in [-0.2, 0) is 5.41 Å². The number of carbonyl (C=O) groups excluding carboxylic acids is 1. The molecule has 0 aliphatic heterocycles. The molecule has 0 atom stereocenters. The molecule has 0 N–H and O–H groups in total. The van der Waals surface area contributed by atoms with Crippen LogP contribution in [0.15, 0.2) is 40.9 Å². The molecule has 0 aromatic heterocycles. The number of halogens is 2.